The third-order valence-electron chi connectivity index (χ3n) is 4.49. The van der Waals surface area contributed by atoms with Crippen molar-refractivity contribution in [3.8, 4) is 17.2 Å². The lowest BCUT2D eigenvalue weighted by molar-refractivity contribution is 0.293. The monoisotopic (exact) mass is 455 g/mol. The molecular formula is C23H19ClFN3O2S. The van der Waals surface area contributed by atoms with Gasteiger partial charge in [0.25, 0.3) is 0 Å². The van der Waals surface area contributed by atoms with Crippen molar-refractivity contribution in [2.75, 3.05) is 7.11 Å². The molecule has 0 aliphatic heterocycles. The molecule has 0 amide bonds. The summed E-state index contributed by atoms with van der Waals surface area (Å²) in [6, 6.07) is 21.2. The summed E-state index contributed by atoms with van der Waals surface area (Å²) < 4.78 is 26.3. The summed E-state index contributed by atoms with van der Waals surface area (Å²) in [6.07, 6.45) is 0. The van der Waals surface area contributed by atoms with Gasteiger partial charge >= 0.3 is 0 Å². The Hall–Kier alpha value is -3.03. The zero-order valence-corrected chi connectivity index (χ0v) is 18.2. The Balaban J connectivity index is 1.58. The number of methoxy groups -OCH3 is 1. The fourth-order valence-electron chi connectivity index (χ4n) is 2.89. The van der Waals surface area contributed by atoms with Gasteiger partial charge in [0.2, 0.25) is 0 Å². The largest absolute Gasteiger partial charge is 0.497 e. The second-order valence-corrected chi connectivity index (χ2v) is 7.97. The molecule has 158 valence electrons. The molecule has 4 rings (SSSR count). The fourth-order valence-corrected chi connectivity index (χ4v) is 3.94. The Morgan fingerprint density at radius 1 is 0.903 bits per heavy atom. The van der Waals surface area contributed by atoms with Crippen LogP contribution in [0.2, 0.25) is 5.02 Å². The summed E-state index contributed by atoms with van der Waals surface area (Å²) in [5.41, 5.74) is 1.89. The van der Waals surface area contributed by atoms with Gasteiger partial charge in [-0.15, -0.1) is 10.2 Å². The van der Waals surface area contributed by atoms with Crippen LogP contribution in [-0.4, -0.2) is 21.9 Å². The summed E-state index contributed by atoms with van der Waals surface area (Å²) in [6.45, 7) is 0.234. The molecule has 0 spiro atoms. The van der Waals surface area contributed by atoms with Crippen LogP contribution < -0.4 is 9.47 Å². The van der Waals surface area contributed by atoms with Crippen molar-refractivity contribution in [3.05, 3.63) is 95.0 Å². The first-order valence-corrected chi connectivity index (χ1v) is 10.8. The molecule has 3 aromatic carbocycles. The second kappa shape index (κ2) is 9.85. The van der Waals surface area contributed by atoms with Crippen LogP contribution in [-0.2, 0) is 12.4 Å². The van der Waals surface area contributed by atoms with E-state index in [0.29, 0.717) is 27.5 Å². The van der Waals surface area contributed by atoms with Gasteiger partial charge in [-0.3, -0.25) is 4.57 Å². The van der Waals surface area contributed by atoms with Gasteiger partial charge in [-0.25, -0.2) is 4.39 Å². The number of nitrogens with zero attached hydrogens (tertiary/aromatic N) is 3. The van der Waals surface area contributed by atoms with Gasteiger partial charge in [0.1, 0.15) is 23.9 Å². The average Bonchev–Trinajstić information content (AvgIpc) is 3.21. The molecule has 31 heavy (non-hydrogen) atoms. The number of rotatable bonds is 8. The van der Waals surface area contributed by atoms with Crippen molar-refractivity contribution in [1.29, 1.82) is 0 Å². The molecule has 0 aliphatic carbocycles. The predicted octanol–water partition coefficient (Wildman–Crippen LogP) is 5.94. The number of ether oxygens (including phenoxy) is 2. The lowest BCUT2D eigenvalue weighted by Crippen LogP contribution is -2.06. The Morgan fingerprint density at radius 3 is 2.26 bits per heavy atom. The number of hydrogen-bond acceptors (Lipinski definition) is 5. The van der Waals surface area contributed by atoms with Gasteiger partial charge in [0, 0.05) is 16.5 Å². The zero-order chi connectivity index (χ0) is 21.6. The summed E-state index contributed by atoms with van der Waals surface area (Å²) >= 11 is 7.46. The summed E-state index contributed by atoms with van der Waals surface area (Å²) in [7, 11) is 1.63. The van der Waals surface area contributed by atoms with Crippen LogP contribution in [0.3, 0.4) is 0 Å². The number of halogens is 2. The molecule has 0 fully saturated rings. The Labute approximate surface area is 188 Å². The molecule has 0 saturated heterocycles. The first kappa shape index (κ1) is 21.2. The Morgan fingerprint density at radius 2 is 1.58 bits per heavy atom. The van der Waals surface area contributed by atoms with E-state index < -0.39 is 0 Å². The minimum Gasteiger partial charge on any atom is -0.497 e. The highest BCUT2D eigenvalue weighted by atomic mass is 35.5. The van der Waals surface area contributed by atoms with Crippen molar-refractivity contribution >= 4 is 23.4 Å². The van der Waals surface area contributed by atoms with E-state index in [0.717, 1.165) is 17.0 Å². The van der Waals surface area contributed by atoms with E-state index in [2.05, 4.69) is 10.2 Å². The standard InChI is InChI=1S/C23H19ClFN3O2S/c1-29-20-12-8-19(9-13-20)28-22(14-30-21-10-4-17(24)5-11-21)26-27-23(28)31-15-16-2-6-18(25)7-3-16/h2-13H,14-15H2,1H3. The third kappa shape index (κ3) is 5.37. The maximum atomic E-state index is 13.2. The van der Waals surface area contributed by atoms with Crippen molar-refractivity contribution in [1.82, 2.24) is 14.8 Å². The van der Waals surface area contributed by atoms with E-state index >= 15 is 0 Å². The Kier molecular flexibility index (Phi) is 6.74. The van der Waals surface area contributed by atoms with Crippen molar-refractivity contribution in [3.63, 3.8) is 0 Å². The van der Waals surface area contributed by atoms with Gasteiger partial charge in [-0.05, 0) is 66.2 Å². The van der Waals surface area contributed by atoms with Gasteiger partial charge in [-0.1, -0.05) is 35.5 Å². The van der Waals surface area contributed by atoms with Crippen molar-refractivity contribution in [2.24, 2.45) is 0 Å². The maximum Gasteiger partial charge on any atom is 0.196 e. The first-order chi connectivity index (χ1) is 15.1. The summed E-state index contributed by atoms with van der Waals surface area (Å²) in [5.74, 6) is 2.48. The molecule has 0 saturated carbocycles. The summed E-state index contributed by atoms with van der Waals surface area (Å²) in [5, 5.41) is 10.1. The quantitative estimate of drug-likeness (QED) is 0.308. The minimum absolute atomic E-state index is 0.234. The van der Waals surface area contributed by atoms with Crippen molar-refractivity contribution < 1.29 is 13.9 Å². The van der Waals surface area contributed by atoms with E-state index in [-0.39, 0.29) is 12.4 Å². The Bertz CT molecular complexity index is 1070. The van der Waals surface area contributed by atoms with Crippen LogP contribution in [0.1, 0.15) is 11.4 Å². The number of hydrogen-bond donors (Lipinski definition) is 0. The molecule has 1 aromatic heterocycles. The lowest BCUT2D eigenvalue weighted by Gasteiger charge is -2.12. The number of benzene rings is 3. The lowest BCUT2D eigenvalue weighted by atomic mass is 10.2. The van der Waals surface area contributed by atoms with Gasteiger partial charge in [-0.2, -0.15) is 0 Å². The van der Waals surface area contributed by atoms with Gasteiger partial charge < -0.3 is 9.47 Å². The predicted molar refractivity (Wildman–Crippen MR) is 120 cm³/mol. The SMILES string of the molecule is COc1ccc(-n2c(COc3ccc(Cl)cc3)nnc2SCc2ccc(F)cc2)cc1. The average molecular weight is 456 g/mol. The topological polar surface area (TPSA) is 49.2 Å². The zero-order valence-electron chi connectivity index (χ0n) is 16.7. The molecular weight excluding hydrogens is 437 g/mol. The minimum atomic E-state index is -0.253. The van der Waals surface area contributed by atoms with E-state index in [1.165, 1.54) is 23.9 Å². The molecule has 1 heterocycles. The number of aromatic nitrogens is 3. The highest BCUT2D eigenvalue weighted by Crippen LogP contribution is 2.27. The van der Waals surface area contributed by atoms with E-state index in [4.69, 9.17) is 21.1 Å². The molecule has 0 bridgehead atoms. The molecule has 0 aliphatic rings. The molecule has 0 N–H and O–H groups in total. The van der Waals surface area contributed by atoms with Crippen LogP contribution >= 0.6 is 23.4 Å². The second-order valence-electron chi connectivity index (χ2n) is 6.59. The van der Waals surface area contributed by atoms with E-state index in [1.807, 2.05) is 28.8 Å². The fraction of sp³-hybridized carbons (Fsp3) is 0.130. The highest BCUT2D eigenvalue weighted by Gasteiger charge is 2.16. The molecule has 0 atom stereocenters. The normalized spacial score (nSPS) is 10.8. The smallest absolute Gasteiger partial charge is 0.196 e. The number of thioether (sulfide) groups is 1. The molecule has 0 radical (unpaired) electrons. The molecule has 5 nitrogen and oxygen atoms in total. The molecule has 0 unspecified atom stereocenters. The third-order valence-corrected chi connectivity index (χ3v) is 5.75. The van der Waals surface area contributed by atoms with Crippen LogP contribution in [0.25, 0.3) is 5.69 Å². The van der Waals surface area contributed by atoms with Crippen LogP contribution in [0, 0.1) is 5.82 Å². The van der Waals surface area contributed by atoms with Crippen LogP contribution in [0.15, 0.2) is 78.0 Å². The molecule has 8 heteroatoms. The maximum absolute atomic E-state index is 13.2. The highest BCUT2D eigenvalue weighted by molar-refractivity contribution is 7.98. The van der Waals surface area contributed by atoms with E-state index in [1.54, 1.807) is 43.5 Å². The van der Waals surface area contributed by atoms with Crippen LogP contribution in [0.5, 0.6) is 11.5 Å². The van der Waals surface area contributed by atoms with Crippen molar-refractivity contribution in [2.45, 2.75) is 17.5 Å². The van der Waals surface area contributed by atoms with Gasteiger partial charge in [0.15, 0.2) is 11.0 Å². The van der Waals surface area contributed by atoms with Gasteiger partial charge in [0.05, 0.1) is 7.11 Å². The summed E-state index contributed by atoms with van der Waals surface area (Å²) in [4.78, 5) is 0. The van der Waals surface area contributed by atoms with E-state index in [9.17, 15) is 4.39 Å². The first-order valence-electron chi connectivity index (χ1n) is 9.47. The van der Waals surface area contributed by atoms with Crippen LogP contribution in [0.4, 0.5) is 4.39 Å². The molecule has 4 aromatic rings.